The van der Waals surface area contributed by atoms with Crippen LogP contribution in [0.15, 0.2) is 42.3 Å². The number of allylic oxidation sites excluding steroid dienone is 3. The molecule has 0 aromatic heterocycles. The third kappa shape index (κ3) is 5.75. The molecule has 0 spiro atoms. The smallest absolute Gasteiger partial charge is 0.196 e. The van der Waals surface area contributed by atoms with Crippen LogP contribution in [0.1, 0.15) is 75.7 Å². The van der Waals surface area contributed by atoms with Crippen LogP contribution < -0.4 is 0 Å². The number of hydrogen-bond donors (Lipinski definition) is 0. The number of hydrogen-bond acceptors (Lipinski definition) is 1. The average Bonchev–Trinajstić information content (AvgIpc) is 2.75. The van der Waals surface area contributed by atoms with E-state index in [1.54, 1.807) is 6.07 Å². The summed E-state index contributed by atoms with van der Waals surface area (Å²) in [5.41, 5.74) is 2.29. The van der Waals surface area contributed by atoms with E-state index < -0.39 is 17.5 Å². The van der Waals surface area contributed by atoms with E-state index in [4.69, 9.17) is 5.26 Å². The van der Waals surface area contributed by atoms with Gasteiger partial charge in [0.1, 0.15) is 6.07 Å². The SMILES string of the molecule is C=C(C1CCC(CCC=C(F)C#N)CC1)C1CCC(c2ccc(F)c(F)c2)CC1. The molecule has 0 saturated heterocycles. The Morgan fingerprint density at radius 2 is 1.62 bits per heavy atom. The zero-order valence-corrected chi connectivity index (χ0v) is 17.0. The van der Waals surface area contributed by atoms with E-state index in [9.17, 15) is 13.2 Å². The quantitative estimate of drug-likeness (QED) is 0.353. The van der Waals surface area contributed by atoms with Gasteiger partial charge in [-0.1, -0.05) is 18.2 Å². The third-order valence-electron chi connectivity index (χ3n) is 7.04. The van der Waals surface area contributed by atoms with Gasteiger partial charge in [-0.25, -0.2) is 8.78 Å². The number of nitrogens with zero attached hydrogens (tertiary/aromatic N) is 1. The van der Waals surface area contributed by atoms with Gasteiger partial charge in [0.05, 0.1) is 0 Å². The minimum absolute atomic E-state index is 0.312. The Hall–Kier alpha value is -2.02. The van der Waals surface area contributed by atoms with E-state index >= 15 is 0 Å². The summed E-state index contributed by atoms with van der Waals surface area (Å²) >= 11 is 0. The molecule has 3 rings (SSSR count). The first kappa shape index (κ1) is 21.7. The van der Waals surface area contributed by atoms with Gasteiger partial charge in [0.25, 0.3) is 0 Å². The molecule has 1 aromatic rings. The first-order chi connectivity index (χ1) is 14.0. The Morgan fingerprint density at radius 3 is 2.21 bits per heavy atom. The zero-order chi connectivity index (χ0) is 20.8. The fraction of sp³-hybridized carbons (Fsp3) is 0.560. The summed E-state index contributed by atoms with van der Waals surface area (Å²) in [6, 6.07) is 5.84. The molecule has 0 unspecified atom stereocenters. The van der Waals surface area contributed by atoms with Crippen molar-refractivity contribution in [1.29, 1.82) is 5.26 Å². The molecule has 0 aliphatic heterocycles. The van der Waals surface area contributed by atoms with E-state index in [2.05, 4.69) is 6.58 Å². The number of rotatable bonds is 6. The Balaban J connectivity index is 1.43. The standard InChI is InChI=1S/C25H30F3N/c1-17(19-7-5-18(6-8-19)3-2-4-23(26)16-29)20-9-11-21(12-10-20)22-13-14-24(27)25(28)15-22/h4,13-15,18-21H,1-3,5-12H2. The molecule has 1 nitrogen and oxygen atoms in total. The lowest BCUT2D eigenvalue weighted by Gasteiger charge is -2.36. The molecule has 156 valence electrons. The van der Waals surface area contributed by atoms with Crippen molar-refractivity contribution in [3.8, 4) is 6.07 Å². The molecule has 2 aliphatic rings. The van der Waals surface area contributed by atoms with Crippen LogP contribution in [0, 0.1) is 40.7 Å². The van der Waals surface area contributed by atoms with E-state index in [0.717, 1.165) is 63.4 Å². The lowest BCUT2D eigenvalue weighted by atomic mass is 9.69. The monoisotopic (exact) mass is 401 g/mol. The minimum atomic E-state index is -0.780. The van der Waals surface area contributed by atoms with Crippen LogP contribution in [0.5, 0.6) is 0 Å². The van der Waals surface area contributed by atoms with Crippen molar-refractivity contribution in [2.24, 2.45) is 17.8 Å². The number of halogens is 3. The van der Waals surface area contributed by atoms with Crippen LogP contribution in [0.4, 0.5) is 13.2 Å². The summed E-state index contributed by atoms with van der Waals surface area (Å²) in [6.07, 6.45) is 11.7. The normalized spacial score (nSPS) is 28.0. The highest BCUT2D eigenvalue weighted by molar-refractivity contribution is 5.23. The van der Waals surface area contributed by atoms with Crippen LogP contribution in [0.3, 0.4) is 0 Å². The summed E-state index contributed by atoms with van der Waals surface area (Å²) in [4.78, 5) is 0. The van der Waals surface area contributed by atoms with Crippen molar-refractivity contribution < 1.29 is 13.2 Å². The van der Waals surface area contributed by atoms with Crippen molar-refractivity contribution in [1.82, 2.24) is 0 Å². The van der Waals surface area contributed by atoms with Crippen molar-refractivity contribution in [3.05, 3.63) is 59.5 Å². The van der Waals surface area contributed by atoms with Gasteiger partial charge < -0.3 is 0 Å². The summed E-state index contributed by atoms with van der Waals surface area (Å²) < 4.78 is 39.6. The fourth-order valence-electron chi connectivity index (χ4n) is 5.21. The van der Waals surface area contributed by atoms with Crippen molar-refractivity contribution >= 4 is 0 Å². The van der Waals surface area contributed by atoms with E-state index in [1.165, 1.54) is 29.9 Å². The van der Waals surface area contributed by atoms with Crippen LogP contribution in [-0.2, 0) is 0 Å². The van der Waals surface area contributed by atoms with Gasteiger partial charge in [-0.15, -0.1) is 0 Å². The number of nitriles is 1. The molecule has 0 amide bonds. The van der Waals surface area contributed by atoms with E-state index in [1.807, 2.05) is 0 Å². The lowest BCUT2D eigenvalue weighted by molar-refractivity contribution is 0.260. The highest BCUT2D eigenvalue weighted by atomic mass is 19.2. The van der Waals surface area contributed by atoms with E-state index in [0.29, 0.717) is 30.1 Å². The second-order valence-corrected chi connectivity index (χ2v) is 8.76. The summed E-state index contributed by atoms with van der Waals surface area (Å²) in [7, 11) is 0. The molecule has 0 heterocycles. The Morgan fingerprint density at radius 1 is 1.00 bits per heavy atom. The fourth-order valence-corrected chi connectivity index (χ4v) is 5.21. The van der Waals surface area contributed by atoms with Crippen molar-refractivity contribution in [2.45, 2.75) is 70.1 Å². The lowest BCUT2D eigenvalue weighted by Crippen LogP contribution is -2.22. The molecule has 0 atom stereocenters. The second kappa shape index (κ2) is 10.1. The van der Waals surface area contributed by atoms with Crippen LogP contribution >= 0.6 is 0 Å². The largest absolute Gasteiger partial charge is 0.204 e. The van der Waals surface area contributed by atoms with Gasteiger partial charge in [-0.05, 0) is 112 Å². The molecule has 0 N–H and O–H groups in total. The summed E-state index contributed by atoms with van der Waals surface area (Å²) in [6.45, 7) is 4.44. The first-order valence-electron chi connectivity index (χ1n) is 10.9. The molecule has 29 heavy (non-hydrogen) atoms. The molecule has 0 radical (unpaired) electrons. The number of benzene rings is 1. The summed E-state index contributed by atoms with van der Waals surface area (Å²) in [5, 5.41) is 8.46. The van der Waals surface area contributed by atoms with E-state index in [-0.39, 0.29) is 0 Å². The highest BCUT2D eigenvalue weighted by Crippen LogP contribution is 2.44. The molecular weight excluding hydrogens is 371 g/mol. The molecule has 1 aromatic carbocycles. The topological polar surface area (TPSA) is 23.8 Å². The van der Waals surface area contributed by atoms with Gasteiger partial charge in [0.15, 0.2) is 17.5 Å². The Kier molecular flexibility index (Phi) is 7.58. The van der Waals surface area contributed by atoms with Crippen LogP contribution in [0.25, 0.3) is 0 Å². The van der Waals surface area contributed by atoms with Gasteiger partial charge >= 0.3 is 0 Å². The highest BCUT2D eigenvalue weighted by Gasteiger charge is 2.30. The maximum absolute atomic E-state index is 13.5. The van der Waals surface area contributed by atoms with Gasteiger partial charge in [-0.2, -0.15) is 9.65 Å². The molecule has 2 fully saturated rings. The summed E-state index contributed by atoms with van der Waals surface area (Å²) in [5.74, 6) is -0.175. The maximum Gasteiger partial charge on any atom is 0.196 e. The molecule has 2 aliphatic carbocycles. The average molecular weight is 402 g/mol. The van der Waals surface area contributed by atoms with Crippen molar-refractivity contribution in [3.63, 3.8) is 0 Å². The van der Waals surface area contributed by atoms with Crippen LogP contribution in [0.2, 0.25) is 0 Å². The van der Waals surface area contributed by atoms with Crippen molar-refractivity contribution in [2.75, 3.05) is 0 Å². The molecular formula is C25H30F3N. The third-order valence-corrected chi connectivity index (χ3v) is 7.04. The second-order valence-electron chi connectivity index (χ2n) is 8.76. The first-order valence-corrected chi connectivity index (χ1v) is 10.9. The predicted molar refractivity (Wildman–Crippen MR) is 110 cm³/mol. The molecule has 4 heteroatoms. The van der Waals surface area contributed by atoms with Gasteiger partial charge in [0, 0.05) is 0 Å². The minimum Gasteiger partial charge on any atom is -0.204 e. The van der Waals surface area contributed by atoms with Gasteiger partial charge in [0.2, 0.25) is 0 Å². The van der Waals surface area contributed by atoms with Gasteiger partial charge in [-0.3, -0.25) is 0 Å². The molecule has 2 saturated carbocycles. The Labute approximate surface area is 172 Å². The maximum atomic E-state index is 13.5. The zero-order valence-electron chi connectivity index (χ0n) is 17.0. The van der Waals surface area contributed by atoms with Crippen LogP contribution in [-0.4, -0.2) is 0 Å². The molecule has 0 bridgehead atoms. The Bertz CT molecular complexity index is 776. The predicted octanol–water partition coefficient (Wildman–Crippen LogP) is 7.76.